The van der Waals surface area contributed by atoms with Crippen molar-refractivity contribution in [2.24, 2.45) is 5.73 Å². The second kappa shape index (κ2) is 9.67. The van der Waals surface area contributed by atoms with Gasteiger partial charge in [-0.3, -0.25) is 4.79 Å². The number of carbonyl (C=O) groups excluding carboxylic acids is 2. The van der Waals surface area contributed by atoms with Gasteiger partial charge in [-0.15, -0.1) is 0 Å². The van der Waals surface area contributed by atoms with Crippen LogP contribution in [-0.4, -0.2) is 21.9 Å². The fraction of sp³-hybridized carbons (Fsp3) is 0.240. The lowest BCUT2D eigenvalue weighted by Crippen LogP contribution is -2.49. The molecular formula is C25H23FN6O2. The highest BCUT2D eigenvalue weighted by Gasteiger charge is 2.37. The SMILES string of the molecule is N#Cc1nccc(C2(NC(=O)Nc3ccc(-c4ccc(C(N)=O)cc4)c(F)c3)CCCCC2)n1. The summed E-state index contributed by atoms with van der Waals surface area (Å²) in [7, 11) is 0. The molecule has 172 valence electrons. The standard InChI is InChI=1S/C25H23FN6O2/c26-20-14-18(8-9-19(20)16-4-6-17(7-5-16)23(28)33)30-24(34)32-25(11-2-1-3-12-25)21-10-13-29-22(15-27)31-21/h4-10,13-14H,1-3,11-12H2,(H2,28,33)(H2,30,32,34). The molecule has 1 aliphatic carbocycles. The monoisotopic (exact) mass is 458 g/mol. The van der Waals surface area contributed by atoms with E-state index in [9.17, 15) is 14.0 Å². The average Bonchev–Trinajstić information content (AvgIpc) is 2.85. The molecule has 2 aromatic carbocycles. The van der Waals surface area contributed by atoms with Gasteiger partial charge < -0.3 is 16.4 Å². The molecule has 1 aromatic heterocycles. The van der Waals surface area contributed by atoms with E-state index in [1.807, 2.05) is 6.07 Å². The Morgan fingerprint density at radius 2 is 1.79 bits per heavy atom. The van der Waals surface area contributed by atoms with Crippen molar-refractivity contribution in [1.29, 1.82) is 5.26 Å². The first-order valence-corrected chi connectivity index (χ1v) is 10.9. The molecule has 0 aliphatic heterocycles. The fourth-order valence-electron chi connectivity index (χ4n) is 4.30. The molecule has 3 amide bonds. The number of nitriles is 1. The largest absolute Gasteiger partial charge is 0.366 e. The first-order valence-electron chi connectivity index (χ1n) is 10.9. The molecule has 8 nitrogen and oxygen atoms in total. The summed E-state index contributed by atoms with van der Waals surface area (Å²) in [6, 6.07) is 13.9. The second-order valence-electron chi connectivity index (χ2n) is 8.24. The molecule has 0 radical (unpaired) electrons. The number of benzene rings is 2. The van der Waals surface area contributed by atoms with Gasteiger partial charge in [0.15, 0.2) is 0 Å². The molecule has 9 heteroatoms. The third kappa shape index (κ3) is 4.86. The van der Waals surface area contributed by atoms with Crippen LogP contribution in [0.1, 0.15) is 54.0 Å². The van der Waals surface area contributed by atoms with Crippen LogP contribution in [-0.2, 0) is 5.54 Å². The molecule has 3 aromatic rings. The molecule has 4 N–H and O–H groups in total. The number of hydrogen-bond acceptors (Lipinski definition) is 5. The van der Waals surface area contributed by atoms with E-state index in [-0.39, 0.29) is 5.82 Å². The van der Waals surface area contributed by atoms with E-state index < -0.39 is 23.3 Å². The van der Waals surface area contributed by atoms with Crippen LogP contribution in [0.25, 0.3) is 11.1 Å². The molecule has 0 bridgehead atoms. The van der Waals surface area contributed by atoms with Crippen LogP contribution in [0.5, 0.6) is 0 Å². The van der Waals surface area contributed by atoms with Gasteiger partial charge in [0.25, 0.3) is 0 Å². The summed E-state index contributed by atoms with van der Waals surface area (Å²) < 4.78 is 14.8. The summed E-state index contributed by atoms with van der Waals surface area (Å²) in [4.78, 5) is 32.4. The second-order valence-corrected chi connectivity index (χ2v) is 8.24. The van der Waals surface area contributed by atoms with Crippen LogP contribution in [0.2, 0.25) is 0 Å². The van der Waals surface area contributed by atoms with Crippen molar-refractivity contribution >= 4 is 17.6 Å². The van der Waals surface area contributed by atoms with Gasteiger partial charge in [0.05, 0.1) is 11.2 Å². The number of anilines is 1. The molecule has 0 unspecified atom stereocenters. The lowest BCUT2D eigenvalue weighted by atomic mass is 9.79. The number of hydrogen-bond donors (Lipinski definition) is 3. The maximum Gasteiger partial charge on any atom is 0.319 e. The Kier molecular flexibility index (Phi) is 6.50. The summed E-state index contributed by atoms with van der Waals surface area (Å²) in [6.45, 7) is 0. The lowest BCUT2D eigenvalue weighted by molar-refractivity contribution is 0.1000. The van der Waals surface area contributed by atoms with Gasteiger partial charge >= 0.3 is 6.03 Å². The molecule has 34 heavy (non-hydrogen) atoms. The van der Waals surface area contributed by atoms with Crippen molar-refractivity contribution in [2.75, 3.05) is 5.32 Å². The Labute approximate surface area is 196 Å². The highest BCUT2D eigenvalue weighted by Crippen LogP contribution is 2.36. The predicted molar refractivity (Wildman–Crippen MR) is 124 cm³/mol. The van der Waals surface area contributed by atoms with Crippen molar-refractivity contribution < 1.29 is 14.0 Å². The quantitative estimate of drug-likeness (QED) is 0.526. The highest BCUT2D eigenvalue weighted by atomic mass is 19.1. The third-order valence-electron chi connectivity index (χ3n) is 6.01. The molecule has 1 fully saturated rings. The van der Waals surface area contributed by atoms with Gasteiger partial charge in [0.2, 0.25) is 11.7 Å². The van der Waals surface area contributed by atoms with E-state index in [0.29, 0.717) is 40.9 Å². The number of carbonyl (C=O) groups is 2. The molecule has 1 heterocycles. The maximum absolute atomic E-state index is 14.8. The van der Waals surface area contributed by atoms with Gasteiger partial charge in [-0.05, 0) is 54.8 Å². The molecule has 0 saturated heterocycles. The van der Waals surface area contributed by atoms with Crippen molar-refractivity contribution in [3.05, 3.63) is 77.6 Å². The minimum Gasteiger partial charge on any atom is -0.366 e. The van der Waals surface area contributed by atoms with E-state index >= 15 is 0 Å². The zero-order chi connectivity index (χ0) is 24.1. The number of rotatable bonds is 5. The van der Waals surface area contributed by atoms with E-state index in [1.54, 1.807) is 30.3 Å². The fourth-order valence-corrected chi connectivity index (χ4v) is 4.30. The number of nitrogens with two attached hydrogens (primary N) is 1. The zero-order valence-corrected chi connectivity index (χ0v) is 18.3. The molecule has 0 spiro atoms. The van der Waals surface area contributed by atoms with E-state index in [4.69, 9.17) is 11.0 Å². The van der Waals surface area contributed by atoms with Crippen LogP contribution in [0, 0.1) is 17.1 Å². The van der Waals surface area contributed by atoms with Crippen LogP contribution < -0.4 is 16.4 Å². The van der Waals surface area contributed by atoms with Gasteiger partial charge in [-0.25, -0.2) is 19.2 Å². The topological polar surface area (TPSA) is 134 Å². The minimum atomic E-state index is -0.725. The molecule has 0 atom stereocenters. The number of amides is 3. The van der Waals surface area contributed by atoms with Crippen molar-refractivity contribution in [1.82, 2.24) is 15.3 Å². The van der Waals surface area contributed by atoms with Crippen LogP contribution in [0.3, 0.4) is 0 Å². The van der Waals surface area contributed by atoms with Gasteiger partial charge in [-0.1, -0.05) is 31.4 Å². The summed E-state index contributed by atoms with van der Waals surface area (Å²) in [5.41, 5.74) is 6.65. The van der Waals surface area contributed by atoms with Crippen LogP contribution >= 0.6 is 0 Å². The molecule has 1 aliphatic rings. The Morgan fingerprint density at radius 3 is 2.44 bits per heavy atom. The number of urea groups is 1. The average molecular weight is 458 g/mol. The van der Waals surface area contributed by atoms with E-state index in [1.165, 1.54) is 24.4 Å². The number of nitrogens with one attached hydrogen (secondary N) is 2. The summed E-state index contributed by atoms with van der Waals surface area (Å²) in [5.74, 6) is -1.03. The van der Waals surface area contributed by atoms with Gasteiger partial charge in [0.1, 0.15) is 11.9 Å². The maximum atomic E-state index is 14.8. The zero-order valence-electron chi connectivity index (χ0n) is 18.3. The van der Waals surface area contributed by atoms with E-state index in [0.717, 1.165) is 19.3 Å². The highest BCUT2D eigenvalue weighted by molar-refractivity contribution is 5.93. The molecule has 1 saturated carbocycles. The van der Waals surface area contributed by atoms with Crippen LogP contribution in [0.15, 0.2) is 54.7 Å². The Bertz CT molecular complexity index is 1260. The number of nitrogens with zero attached hydrogens (tertiary/aromatic N) is 3. The van der Waals surface area contributed by atoms with Gasteiger partial charge in [0, 0.05) is 23.0 Å². The lowest BCUT2D eigenvalue weighted by Gasteiger charge is -2.37. The summed E-state index contributed by atoms with van der Waals surface area (Å²) in [6.07, 6.45) is 5.73. The Balaban J connectivity index is 1.51. The number of halogens is 1. The van der Waals surface area contributed by atoms with E-state index in [2.05, 4.69) is 20.6 Å². The van der Waals surface area contributed by atoms with Crippen molar-refractivity contribution in [2.45, 2.75) is 37.6 Å². The first kappa shape index (κ1) is 22.9. The van der Waals surface area contributed by atoms with Crippen LogP contribution in [0.4, 0.5) is 14.9 Å². The van der Waals surface area contributed by atoms with Crippen molar-refractivity contribution in [3.63, 3.8) is 0 Å². The smallest absolute Gasteiger partial charge is 0.319 e. The molecule has 4 rings (SSSR count). The Morgan fingerprint density at radius 1 is 1.06 bits per heavy atom. The number of primary amides is 1. The van der Waals surface area contributed by atoms with Crippen molar-refractivity contribution in [3.8, 4) is 17.2 Å². The predicted octanol–water partition coefficient (Wildman–Crippen LogP) is 4.23. The Hall–Kier alpha value is -4.32. The molecular weight excluding hydrogens is 435 g/mol. The van der Waals surface area contributed by atoms with Gasteiger partial charge in [-0.2, -0.15) is 5.26 Å². The number of aromatic nitrogens is 2. The summed E-state index contributed by atoms with van der Waals surface area (Å²) >= 11 is 0. The minimum absolute atomic E-state index is 0.0474. The third-order valence-corrected chi connectivity index (χ3v) is 6.01. The normalized spacial score (nSPS) is 14.6. The summed E-state index contributed by atoms with van der Waals surface area (Å²) in [5, 5.41) is 14.9. The first-order chi connectivity index (χ1) is 16.4.